The number of hydrogen-bond acceptors (Lipinski definition) is 3. The van der Waals surface area contributed by atoms with Crippen LogP contribution >= 0.6 is 11.3 Å². The van der Waals surface area contributed by atoms with E-state index in [1.54, 1.807) is 0 Å². The maximum absolute atomic E-state index is 12.0. The third kappa shape index (κ3) is 4.63. The summed E-state index contributed by atoms with van der Waals surface area (Å²) in [4.78, 5) is 26.4. The van der Waals surface area contributed by atoms with Crippen LogP contribution < -0.4 is 5.32 Å². The Labute approximate surface area is 124 Å². The highest BCUT2D eigenvalue weighted by Crippen LogP contribution is 2.11. The highest BCUT2D eigenvalue weighted by Gasteiger charge is 2.15. The molecule has 1 aromatic rings. The van der Waals surface area contributed by atoms with E-state index >= 15 is 0 Å². The largest absolute Gasteiger partial charge is 0.351 e. The van der Waals surface area contributed by atoms with E-state index in [4.69, 9.17) is 0 Å². The molecule has 0 spiro atoms. The quantitative estimate of drug-likeness (QED) is 0.849. The SMILES string of the molecule is O=C(NCCCC(=O)N1CCCCCC1)c1cccs1. The number of amides is 2. The fraction of sp³-hybridized carbons (Fsp3) is 0.600. The van der Waals surface area contributed by atoms with Gasteiger partial charge in [-0.15, -0.1) is 11.3 Å². The molecular weight excluding hydrogens is 272 g/mol. The predicted octanol–water partition coefficient (Wildman–Crippen LogP) is 2.66. The number of carbonyl (C=O) groups excluding carboxylic acids is 2. The Bertz CT molecular complexity index is 423. The molecule has 0 bridgehead atoms. The Kier molecular flexibility index (Phi) is 6.05. The fourth-order valence-electron chi connectivity index (χ4n) is 2.41. The van der Waals surface area contributed by atoms with Crippen molar-refractivity contribution in [3.8, 4) is 0 Å². The molecule has 0 aliphatic carbocycles. The Morgan fingerprint density at radius 1 is 1.20 bits per heavy atom. The van der Waals surface area contributed by atoms with Crippen LogP contribution in [0.2, 0.25) is 0 Å². The summed E-state index contributed by atoms with van der Waals surface area (Å²) >= 11 is 1.43. The molecule has 2 rings (SSSR count). The summed E-state index contributed by atoms with van der Waals surface area (Å²) in [6.07, 6.45) is 5.97. The summed E-state index contributed by atoms with van der Waals surface area (Å²) < 4.78 is 0. The summed E-state index contributed by atoms with van der Waals surface area (Å²) in [5, 5.41) is 4.74. The molecule has 0 aromatic carbocycles. The maximum Gasteiger partial charge on any atom is 0.261 e. The van der Waals surface area contributed by atoms with Crippen LogP contribution in [0.25, 0.3) is 0 Å². The molecule has 0 saturated carbocycles. The van der Waals surface area contributed by atoms with E-state index in [-0.39, 0.29) is 11.8 Å². The fourth-order valence-corrected chi connectivity index (χ4v) is 3.05. The van der Waals surface area contributed by atoms with Crippen molar-refractivity contribution in [2.24, 2.45) is 0 Å². The first-order valence-corrected chi connectivity index (χ1v) is 8.25. The zero-order valence-electron chi connectivity index (χ0n) is 11.8. The average Bonchev–Trinajstić information content (AvgIpc) is 2.85. The molecule has 1 fully saturated rings. The van der Waals surface area contributed by atoms with Gasteiger partial charge in [-0.3, -0.25) is 9.59 Å². The maximum atomic E-state index is 12.0. The molecule has 110 valence electrons. The van der Waals surface area contributed by atoms with Crippen LogP contribution in [-0.2, 0) is 4.79 Å². The van der Waals surface area contributed by atoms with Crippen molar-refractivity contribution in [1.29, 1.82) is 0 Å². The molecule has 4 nitrogen and oxygen atoms in total. The van der Waals surface area contributed by atoms with E-state index in [2.05, 4.69) is 5.32 Å². The van der Waals surface area contributed by atoms with Crippen LogP contribution in [0.4, 0.5) is 0 Å². The van der Waals surface area contributed by atoms with Gasteiger partial charge in [-0.2, -0.15) is 0 Å². The van der Waals surface area contributed by atoms with Crippen LogP contribution in [0.1, 0.15) is 48.2 Å². The summed E-state index contributed by atoms with van der Waals surface area (Å²) in [6, 6.07) is 3.67. The number of thiophene rings is 1. The van der Waals surface area contributed by atoms with E-state index in [0.717, 1.165) is 30.8 Å². The minimum atomic E-state index is -0.0396. The molecule has 0 radical (unpaired) electrons. The second-order valence-corrected chi connectivity index (χ2v) is 6.08. The van der Waals surface area contributed by atoms with E-state index in [1.807, 2.05) is 22.4 Å². The predicted molar refractivity (Wildman–Crippen MR) is 80.9 cm³/mol. The third-order valence-electron chi connectivity index (χ3n) is 3.56. The van der Waals surface area contributed by atoms with Crippen molar-refractivity contribution >= 4 is 23.2 Å². The van der Waals surface area contributed by atoms with Gasteiger partial charge in [0.25, 0.3) is 5.91 Å². The molecule has 1 aliphatic rings. The molecule has 2 heterocycles. The minimum Gasteiger partial charge on any atom is -0.351 e. The molecule has 1 N–H and O–H groups in total. The summed E-state index contributed by atoms with van der Waals surface area (Å²) in [6.45, 7) is 2.37. The van der Waals surface area contributed by atoms with Crippen LogP contribution in [0, 0.1) is 0 Å². The average molecular weight is 294 g/mol. The zero-order valence-corrected chi connectivity index (χ0v) is 12.6. The van der Waals surface area contributed by atoms with Gasteiger partial charge in [-0.1, -0.05) is 18.9 Å². The Morgan fingerprint density at radius 2 is 1.95 bits per heavy atom. The second kappa shape index (κ2) is 8.04. The van der Waals surface area contributed by atoms with Gasteiger partial charge in [-0.25, -0.2) is 0 Å². The zero-order chi connectivity index (χ0) is 14.2. The Morgan fingerprint density at radius 3 is 2.60 bits per heavy atom. The second-order valence-electron chi connectivity index (χ2n) is 5.13. The van der Waals surface area contributed by atoms with Gasteiger partial charge in [0.1, 0.15) is 0 Å². The third-order valence-corrected chi connectivity index (χ3v) is 4.43. The van der Waals surface area contributed by atoms with Gasteiger partial charge < -0.3 is 10.2 Å². The molecule has 2 amide bonds. The lowest BCUT2D eigenvalue weighted by Gasteiger charge is -2.20. The van der Waals surface area contributed by atoms with Crippen LogP contribution in [0.15, 0.2) is 17.5 Å². The van der Waals surface area contributed by atoms with E-state index in [1.165, 1.54) is 24.2 Å². The van der Waals surface area contributed by atoms with Gasteiger partial charge in [0.2, 0.25) is 5.91 Å². The first-order valence-electron chi connectivity index (χ1n) is 7.37. The lowest BCUT2D eigenvalue weighted by molar-refractivity contribution is -0.131. The molecule has 0 unspecified atom stereocenters. The first-order chi connectivity index (χ1) is 9.77. The normalized spacial score (nSPS) is 15.7. The number of likely N-dealkylation sites (tertiary alicyclic amines) is 1. The standard InChI is InChI=1S/C15H22N2O2S/c18-14(17-10-3-1-2-4-11-17)8-5-9-16-15(19)13-7-6-12-20-13/h6-7,12H,1-5,8-11H2,(H,16,19). The van der Waals surface area contributed by atoms with Crippen LogP contribution in [0.3, 0.4) is 0 Å². The topological polar surface area (TPSA) is 49.4 Å². The Hall–Kier alpha value is -1.36. The van der Waals surface area contributed by atoms with Gasteiger partial charge in [0.05, 0.1) is 4.88 Å². The lowest BCUT2D eigenvalue weighted by Crippen LogP contribution is -2.32. The highest BCUT2D eigenvalue weighted by molar-refractivity contribution is 7.12. The Balaban J connectivity index is 1.62. The number of nitrogens with one attached hydrogen (secondary N) is 1. The molecular formula is C15H22N2O2S. The van der Waals surface area contributed by atoms with Gasteiger partial charge >= 0.3 is 0 Å². The van der Waals surface area contributed by atoms with Crippen LogP contribution in [0.5, 0.6) is 0 Å². The van der Waals surface area contributed by atoms with Crippen molar-refractivity contribution < 1.29 is 9.59 Å². The summed E-state index contributed by atoms with van der Waals surface area (Å²) in [5.74, 6) is 0.194. The van der Waals surface area contributed by atoms with Crippen molar-refractivity contribution in [2.45, 2.75) is 38.5 Å². The lowest BCUT2D eigenvalue weighted by atomic mass is 10.2. The van der Waals surface area contributed by atoms with Crippen molar-refractivity contribution in [2.75, 3.05) is 19.6 Å². The molecule has 20 heavy (non-hydrogen) atoms. The molecule has 1 saturated heterocycles. The molecule has 5 heteroatoms. The first kappa shape index (κ1) is 15.0. The van der Waals surface area contributed by atoms with E-state index < -0.39 is 0 Å². The molecule has 0 atom stereocenters. The van der Waals surface area contributed by atoms with Crippen molar-refractivity contribution in [3.05, 3.63) is 22.4 Å². The summed E-state index contributed by atoms with van der Waals surface area (Å²) in [7, 11) is 0. The number of carbonyl (C=O) groups is 2. The van der Waals surface area contributed by atoms with Gasteiger partial charge in [-0.05, 0) is 30.7 Å². The summed E-state index contributed by atoms with van der Waals surface area (Å²) in [5.41, 5.74) is 0. The van der Waals surface area contributed by atoms with Gasteiger partial charge in [0, 0.05) is 26.1 Å². The number of rotatable bonds is 5. The van der Waals surface area contributed by atoms with Gasteiger partial charge in [0.15, 0.2) is 0 Å². The highest BCUT2D eigenvalue weighted by atomic mass is 32.1. The molecule has 1 aromatic heterocycles. The van der Waals surface area contributed by atoms with E-state index in [9.17, 15) is 9.59 Å². The monoisotopic (exact) mass is 294 g/mol. The number of hydrogen-bond donors (Lipinski definition) is 1. The minimum absolute atomic E-state index is 0.0396. The molecule has 1 aliphatic heterocycles. The van der Waals surface area contributed by atoms with Crippen molar-refractivity contribution in [1.82, 2.24) is 10.2 Å². The van der Waals surface area contributed by atoms with E-state index in [0.29, 0.717) is 19.4 Å². The van der Waals surface area contributed by atoms with Crippen molar-refractivity contribution in [3.63, 3.8) is 0 Å². The smallest absolute Gasteiger partial charge is 0.261 e. The number of nitrogens with zero attached hydrogens (tertiary/aromatic N) is 1. The van der Waals surface area contributed by atoms with Crippen LogP contribution in [-0.4, -0.2) is 36.3 Å².